The number of hydrogen-bond acceptors (Lipinski definition) is 6. The molecule has 0 saturated heterocycles. The van der Waals surface area contributed by atoms with E-state index in [0.29, 0.717) is 22.9 Å². The molecular formula is C17H20N2O6. The predicted octanol–water partition coefficient (Wildman–Crippen LogP) is 1.48. The number of anilines is 1. The van der Waals surface area contributed by atoms with E-state index in [1.807, 2.05) is 0 Å². The second-order valence-electron chi connectivity index (χ2n) is 5.10. The van der Waals surface area contributed by atoms with E-state index in [1.54, 1.807) is 30.3 Å². The van der Waals surface area contributed by atoms with E-state index < -0.39 is 17.9 Å². The molecule has 25 heavy (non-hydrogen) atoms. The van der Waals surface area contributed by atoms with Crippen LogP contribution in [0.2, 0.25) is 0 Å². The number of methoxy groups -OCH3 is 2. The fourth-order valence-electron chi connectivity index (χ4n) is 2.12. The minimum Gasteiger partial charge on any atom is -0.497 e. The maximum atomic E-state index is 12.0. The Morgan fingerprint density at radius 2 is 2.00 bits per heavy atom. The maximum absolute atomic E-state index is 12.0. The topological polar surface area (TPSA) is 110 Å². The predicted molar refractivity (Wildman–Crippen MR) is 89.5 cm³/mol. The van der Waals surface area contributed by atoms with Crippen molar-refractivity contribution in [3.05, 3.63) is 42.4 Å². The molecule has 0 bridgehead atoms. The first-order valence-electron chi connectivity index (χ1n) is 7.57. The van der Waals surface area contributed by atoms with Crippen molar-refractivity contribution >= 4 is 17.5 Å². The monoisotopic (exact) mass is 348 g/mol. The average molecular weight is 348 g/mol. The van der Waals surface area contributed by atoms with E-state index in [-0.39, 0.29) is 13.0 Å². The summed E-state index contributed by atoms with van der Waals surface area (Å²) in [6, 6.07) is 8.13. The van der Waals surface area contributed by atoms with Crippen LogP contribution in [0.1, 0.15) is 18.3 Å². The number of ether oxygens (including phenoxy) is 2. The number of furan rings is 1. The van der Waals surface area contributed by atoms with E-state index >= 15 is 0 Å². The molecule has 0 aliphatic heterocycles. The third kappa shape index (κ3) is 4.98. The number of aliphatic hydroxyl groups is 1. The van der Waals surface area contributed by atoms with Crippen LogP contribution in [0.5, 0.6) is 11.5 Å². The molecule has 2 aromatic rings. The van der Waals surface area contributed by atoms with Crippen LogP contribution in [-0.4, -0.2) is 37.7 Å². The van der Waals surface area contributed by atoms with E-state index in [4.69, 9.17) is 13.9 Å². The summed E-state index contributed by atoms with van der Waals surface area (Å²) in [4.78, 5) is 23.9. The standard InChI is InChI=1S/C17H20N2O6/c1-23-11-5-6-14(24-2)12(10-11)19-17(22)16(21)18-8-7-13(20)15-4-3-9-25-15/h3-6,9-10,13,20H,7-8H2,1-2H3,(H,18,21)(H,19,22). The van der Waals surface area contributed by atoms with Crippen molar-refractivity contribution in [1.29, 1.82) is 0 Å². The Kier molecular flexibility index (Phi) is 6.41. The third-order valence-corrected chi connectivity index (χ3v) is 3.44. The Balaban J connectivity index is 1.87. The van der Waals surface area contributed by atoms with E-state index in [9.17, 15) is 14.7 Å². The molecule has 1 aromatic heterocycles. The van der Waals surface area contributed by atoms with Gasteiger partial charge in [-0.1, -0.05) is 0 Å². The number of amides is 2. The van der Waals surface area contributed by atoms with Gasteiger partial charge in [-0.05, 0) is 30.7 Å². The lowest BCUT2D eigenvalue weighted by Crippen LogP contribution is -2.36. The molecule has 1 atom stereocenters. The Labute approximate surface area is 144 Å². The molecule has 0 aliphatic rings. The Bertz CT molecular complexity index is 714. The summed E-state index contributed by atoms with van der Waals surface area (Å²) in [5.41, 5.74) is 0.317. The fraction of sp³-hybridized carbons (Fsp3) is 0.294. The van der Waals surface area contributed by atoms with Gasteiger partial charge in [-0.3, -0.25) is 9.59 Å². The van der Waals surface area contributed by atoms with Crippen LogP contribution < -0.4 is 20.1 Å². The second-order valence-corrected chi connectivity index (χ2v) is 5.10. The Hall–Kier alpha value is -3.00. The molecule has 134 valence electrons. The van der Waals surface area contributed by atoms with Crippen molar-refractivity contribution in [2.45, 2.75) is 12.5 Å². The molecule has 0 fully saturated rings. The Morgan fingerprint density at radius 1 is 1.20 bits per heavy atom. The first-order chi connectivity index (χ1) is 12.0. The van der Waals surface area contributed by atoms with Crippen molar-refractivity contribution in [3.63, 3.8) is 0 Å². The number of benzene rings is 1. The summed E-state index contributed by atoms with van der Waals surface area (Å²) in [6.07, 6.45) is 0.818. The van der Waals surface area contributed by atoms with Gasteiger partial charge in [-0.25, -0.2) is 0 Å². The zero-order valence-corrected chi connectivity index (χ0v) is 13.9. The van der Waals surface area contributed by atoms with E-state index in [1.165, 1.54) is 20.5 Å². The molecule has 8 heteroatoms. The molecule has 2 rings (SSSR count). The van der Waals surface area contributed by atoms with Crippen LogP contribution in [0.15, 0.2) is 41.0 Å². The van der Waals surface area contributed by atoms with E-state index in [0.717, 1.165) is 0 Å². The molecule has 8 nitrogen and oxygen atoms in total. The van der Waals surface area contributed by atoms with Crippen LogP contribution in [0, 0.1) is 0 Å². The lowest BCUT2D eigenvalue weighted by molar-refractivity contribution is -0.136. The van der Waals surface area contributed by atoms with Crippen LogP contribution in [0.4, 0.5) is 5.69 Å². The van der Waals surface area contributed by atoms with Gasteiger partial charge < -0.3 is 29.6 Å². The van der Waals surface area contributed by atoms with Crippen molar-refractivity contribution < 1.29 is 28.6 Å². The van der Waals surface area contributed by atoms with Gasteiger partial charge in [0, 0.05) is 12.6 Å². The number of carbonyl (C=O) groups excluding carboxylic acids is 2. The number of rotatable bonds is 7. The van der Waals surface area contributed by atoms with E-state index in [2.05, 4.69) is 10.6 Å². The van der Waals surface area contributed by atoms with Crippen LogP contribution in [-0.2, 0) is 9.59 Å². The molecule has 1 heterocycles. The lowest BCUT2D eigenvalue weighted by atomic mass is 10.2. The maximum Gasteiger partial charge on any atom is 0.313 e. The smallest absolute Gasteiger partial charge is 0.313 e. The summed E-state index contributed by atoms with van der Waals surface area (Å²) in [5, 5.41) is 14.7. The minimum absolute atomic E-state index is 0.114. The van der Waals surface area contributed by atoms with Crippen molar-refractivity contribution in [2.75, 3.05) is 26.1 Å². The molecular weight excluding hydrogens is 328 g/mol. The highest BCUT2D eigenvalue weighted by Crippen LogP contribution is 2.28. The molecule has 3 N–H and O–H groups in total. The normalized spacial score (nSPS) is 11.5. The Morgan fingerprint density at radius 3 is 2.64 bits per heavy atom. The van der Waals surface area contributed by atoms with Gasteiger partial charge in [-0.2, -0.15) is 0 Å². The highest BCUT2D eigenvalue weighted by atomic mass is 16.5. The zero-order chi connectivity index (χ0) is 18.2. The quantitative estimate of drug-likeness (QED) is 0.654. The molecule has 0 spiro atoms. The summed E-state index contributed by atoms with van der Waals surface area (Å²) in [5.74, 6) is -0.358. The van der Waals surface area contributed by atoms with Crippen LogP contribution in [0.3, 0.4) is 0 Å². The van der Waals surface area contributed by atoms with Gasteiger partial charge in [0.25, 0.3) is 0 Å². The van der Waals surface area contributed by atoms with Gasteiger partial charge >= 0.3 is 11.8 Å². The van der Waals surface area contributed by atoms with Gasteiger partial charge in [0.05, 0.1) is 26.2 Å². The van der Waals surface area contributed by atoms with Crippen molar-refractivity contribution in [1.82, 2.24) is 5.32 Å². The number of aliphatic hydroxyl groups excluding tert-OH is 1. The molecule has 0 aliphatic carbocycles. The third-order valence-electron chi connectivity index (χ3n) is 3.44. The summed E-state index contributed by atoms with van der Waals surface area (Å²) in [6.45, 7) is 0.114. The lowest BCUT2D eigenvalue weighted by Gasteiger charge is -2.12. The minimum atomic E-state index is -0.850. The highest BCUT2D eigenvalue weighted by molar-refractivity contribution is 6.39. The summed E-state index contributed by atoms with van der Waals surface area (Å²) < 4.78 is 15.3. The summed E-state index contributed by atoms with van der Waals surface area (Å²) >= 11 is 0. The van der Waals surface area contributed by atoms with Gasteiger partial charge in [0.15, 0.2) is 0 Å². The highest BCUT2D eigenvalue weighted by Gasteiger charge is 2.17. The molecule has 0 radical (unpaired) electrons. The van der Waals surface area contributed by atoms with Gasteiger partial charge in [-0.15, -0.1) is 0 Å². The van der Waals surface area contributed by atoms with Crippen molar-refractivity contribution in [3.8, 4) is 11.5 Å². The molecule has 0 saturated carbocycles. The SMILES string of the molecule is COc1ccc(OC)c(NC(=O)C(=O)NCCC(O)c2ccco2)c1. The van der Waals surface area contributed by atoms with Gasteiger partial charge in [0.2, 0.25) is 0 Å². The first kappa shape index (κ1) is 18.3. The molecule has 2 amide bonds. The number of carbonyl (C=O) groups is 2. The van der Waals surface area contributed by atoms with Crippen molar-refractivity contribution in [2.24, 2.45) is 0 Å². The van der Waals surface area contributed by atoms with Crippen LogP contribution in [0.25, 0.3) is 0 Å². The van der Waals surface area contributed by atoms with Crippen LogP contribution >= 0.6 is 0 Å². The van der Waals surface area contributed by atoms with Gasteiger partial charge in [0.1, 0.15) is 23.4 Å². The molecule has 1 aromatic carbocycles. The second kappa shape index (κ2) is 8.74. The number of nitrogens with one attached hydrogen (secondary N) is 2. The number of hydrogen-bond donors (Lipinski definition) is 3. The first-order valence-corrected chi connectivity index (χ1v) is 7.57. The average Bonchev–Trinajstić information content (AvgIpc) is 3.16. The largest absolute Gasteiger partial charge is 0.497 e. The molecule has 1 unspecified atom stereocenters. The zero-order valence-electron chi connectivity index (χ0n) is 13.9. The fourth-order valence-corrected chi connectivity index (χ4v) is 2.12. The summed E-state index contributed by atoms with van der Waals surface area (Å²) in [7, 11) is 2.94.